The predicted molar refractivity (Wildman–Crippen MR) is 122 cm³/mol. The van der Waals surface area contributed by atoms with Crippen LogP contribution in [0.25, 0.3) is 0 Å². The zero-order valence-electron chi connectivity index (χ0n) is 18.1. The first kappa shape index (κ1) is 22.6. The van der Waals surface area contributed by atoms with Gasteiger partial charge in [0.2, 0.25) is 5.91 Å². The van der Waals surface area contributed by atoms with Crippen LogP contribution in [-0.2, 0) is 9.53 Å². The minimum Gasteiger partial charge on any atom is -0.489 e. The van der Waals surface area contributed by atoms with Gasteiger partial charge in [-0.05, 0) is 56.5 Å². The predicted octanol–water partition coefficient (Wildman–Crippen LogP) is 3.78. The Kier molecular flexibility index (Phi) is 8.72. The Morgan fingerprint density at radius 1 is 1.00 bits per heavy atom. The molecule has 2 aromatic rings. The average Bonchev–Trinajstić information content (AvgIpc) is 2.82. The number of rotatable bonds is 10. The van der Waals surface area contributed by atoms with Gasteiger partial charge < -0.3 is 25.0 Å². The number of likely N-dealkylation sites (tertiary alicyclic amines) is 1. The van der Waals surface area contributed by atoms with Crippen molar-refractivity contribution in [1.82, 2.24) is 4.90 Å². The van der Waals surface area contributed by atoms with Crippen LogP contribution in [0, 0.1) is 0 Å². The summed E-state index contributed by atoms with van der Waals surface area (Å²) >= 11 is 0. The molecule has 0 unspecified atom stereocenters. The minimum atomic E-state index is -0.200. The van der Waals surface area contributed by atoms with Crippen LogP contribution in [-0.4, -0.2) is 56.2 Å². The quantitative estimate of drug-likeness (QED) is 0.567. The van der Waals surface area contributed by atoms with Crippen LogP contribution >= 0.6 is 0 Å². The molecule has 0 bridgehead atoms. The molecule has 0 atom stereocenters. The summed E-state index contributed by atoms with van der Waals surface area (Å²) in [4.78, 5) is 27.0. The van der Waals surface area contributed by atoms with E-state index in [4.69, 9.17) is 9.47 Å². The number of ether oxygens (including phenoxy) is 2. The number of nitrogens with one attached hydrogen (secondary N) is 2. The van der Waals surface area contributed by atoms with Crippen molar-refractivity contribution in [2.45, 2.75) is 26.2 Å². The van der Waals surface area contributed by atoms with Crippen molar-refractivity contribution in [1.29, 1.82) is 0 Å². The van der Waals surface area contributed by atoms with E-state index < -0.39 is 0 Å². The molecule has 0 radical (unpaired) electrons. The number of amides is 2. The molecule has 166 valence electrons. The van der Waals surface area contributed by atoms with Crippen LogP contribution in [0.4, 0.5) is 11.4 Å². The third-order valence-electron chi connectivity index (χ3n) is 5.06. The maximum atomic E-state index is 12.7. The Morgan fingerprint density at radius 3 is 2.61 bits per heavy atom. The van der Waals surface area contributed by atoms with Crippen LogP contribution in [0.2, 0.25) is 0 Å². The highest BCUT2D eigenvalue weighted by molar-refractivity contribution is 5.96. The van der Waals surface area contributed by atoms with Gasteiger partial charge in [0.05, 0.1) is 18.8 Å². The molecule has 0 saturated carbocycles. The lowest BCUT2D eigenvalue weighted by atomic mass is 10.1. The Morgan fingerprint density at radius 2 is 1.81 bits per heavy atom. The fraction of sp³-hybridized carbons (Fsp3) is 0.417. The van der Waals surface area contributed by atoms with E-state index in [-0.39, 0.29) is 18.4 Å². The number of hydrogen-bond acceptors (Lipinski definition) is 5. The van der Waals surface area contributed by atoms with Gasteiger partial charge in [-0.25, -0.2) is 0 Å². The van der Waals surface area contributed by atoms with Crippen molar-refractivity contribution in [3.63, 3.8) is 0 Å². The number of hydrogen-bond donors (Lipinski definition) is 2. The van der Waals surface area contributed by atoms with E-state index in [0.717, 1.165) is 31.6 Å². The summed E-state index contributed by atoms with van der Waals surface area (Å²) < 4.78 is 11.0. The van der Waals surface area contributed by atoms with E-state index in [2.05, 4.69) is 10.6 Å². The topological polar surface area (TPSA) is 79.9 Å². The van der Waals surface area contributed by atoms with Gasteiger partial charge in [0.1, 0.15) is 12.4 Å². The molecule has 1 heterocycles. The van der Waals surface area contributed by atoms with Crippen molar-refractivity contribution in [2.24, 2.45) is 0 Å². The summed E-state index contributed by atoms with van der Waals surface area (Å²) in [6.07, 6.45) is 3.29. The van der Waals surface area contributed by atoms with Crippen molar-refractivity contribution < 1.29 is 19.1 Å². The second-order valence-corrected chi connectivity index (χ2v) is 7.38. The monoisotopic (exact) mass is 425 g/mol. The highest BCUT2D eigenvalue weighted by atomic mass is 16.5. The highest BCUT2D eigenvalue weighted by Crippen LogP contribution is 2.23. The van der Waals surface area contributed by atoms with Gasteiger partial charge in [-0.15, -0.1) is 0 Å². The maximum absolute atomic E-state index is 12.7. The third-order valence-corrected chi connectivity index (χ3v) is 5.06. The summed E-state index contributed by atoms with van der Waals surface area (Å²) in [6, 6.07) is 14.6. The molecule has 7 nitrogen and oxygen atoms in total. The lowest BCUT2D eigenvalue weighted by Gasteiger charge is -2.26. The third kappa shape index (κ3) is 7.00. The van der Waals surface area contributed by atoms with Gasteiger partial charge in [-0.1, -0.05) is 18.2 Å². The number of carbonyl (C=O) groups is 2. The summed E-state index contributed by atoms with van der Waals surface area (Å²) in [5.41, 5.74) is 1.99. The Balaban J connectivity index is 1.52. The molecule has 2 aromatic carbocycles. The van der Waals surface area contributed by atoms with Crippen molar-refractivity contribution in [3.8, 4) is 5.75 Å². The number of para-hydroxylation sites is 2. The first-order chi connectivity index (χ1) is 15.2. The molecule has 2 N–H and O–H groups in total. The van der Waals surface area contributed by atoms with E-state index in [1.165, 1.54) is 6.42 Å². The lowest BCUT2D eigenvalue weighted by molar-refractivity contribution is -0.114. The molecular formula is C24H31N3O4. The summed E-state index contributed by atoms with van der Waals surface area (Å²) in [7, 11) is 0. The fourth-order valence-electron chi connectivity index (χ4n) is 3.47. The first-order valence-electron chi connectivity index (χ1n) is 10.9. The smallest absolute Gasteiger partial charge is 0.253 e. The SMILES string of the molecule is CCOCCOc1ccccc1NC(=O)CNc1cccc(C(=O)N2CCCCC2)c1. The molecule has 7 heteroatoms. The summed E-state index contributed by atoms with van der Waals surface area (Å²) in [6.45, 7) is 5.17. The normalized spacial score (nSPS) is 13.5. The Hall–Kier alpha value is -3.06. The Bertz CT molecular complexity index is 865. The van der Waals surface area contributed by atoms with Gasteiger partial charge in [-0.3, -0.25) is 9.59 Å². The molecule has 0 aliphatic carbocycles. The molecule has 1 aliphatic heterocycles. The van der Waals surface area contributed by atoms with E-state index >= 15 is 0 Å². The number of nitrogens with zero attached hydrogens (tertiary/aromatic N) is 1. The second kappa shape index (κ2) is 12.0. The Labute approximate surface area is 183 Å². The van der Waals surface area contributed by atoms with Crippen LogP contribution in [0.15, 0.2) is 48.5 Å². The summed E-state index contributed by atoms with van der Waals surface area (Å²) in [5.74, 6) is 0.448. The van der Waals surface area contributed by atoms with Gasteiger partial charge in [-0.2, -0.15) is 0 Å². The highest BCUT2D eigenvalue weighted by Gasteiger charge is 2.18. The number of carbonyl (C=O) groups excluding carboxylic acids is 2. The number of benzene rings is 2. The standard InChI is InChI=1S/C24H31N3O4/c1-2-30-15-16-31-22-12-5-4-11-21(22)26-23(28)18-25-20-10-8-9-19(17-20)24(29)27-13-6-3-7-14-27/h4-5,8-12,17,25H,2-3,6-7,13-16,18H2,1H3,(H,26,28). The van der Waals surface area contributed by atoms with Gasteiger partial charge in [0.25, 0.3) is 5.91 Å². The molecule has 1 fully saturated rings. The molecule has 3 rings (SSSR count). The van der Waals surface area contributed by atoms with Gasteiger partial charge in [0.15, 0.2) is 0 Å². The first-order valence-corrected chi connectivity index (χ1v) is 10.9. The summed E-state index contributed by atoms with van der Waals surface area (Å²) in [5, 5.41) is 5.97. The molecule has 1 saturated heterocycles. The molecule has 2 amide bonds. The zero-order chi connectivity index (χ0) is 21.9. The van der Waals surface area contributed by atoms with Gasteiger partial charge in [0, 0.05) is 30.9 Å². The van der Waals surface area contributed by atoms with E-state index in [0.29, 0.717) is 36.8 Å². The van der Waals surface area contributed by atoms with E-state index in [9.17, 15) is 9.59 Å². The van der Waals surface area contributed by atoms with Crippen LogP contribution in [0.5, 0.6) is 5.75 Å². The zero-order valence-corrected chi connectivity index (χ0v) is 18.1. The van der Waals surface area contributed by atoms with Gasteiger partial charge >= 0.3 is 0 Å². The minimum absolute atomic E-state index is 0.0472. The van der Waals surface area contributed by atoms with Crippen molar-refractivity contribution >= 4 is 23.2 Å². The van der Waals surface area contributed by atoms with Crippen molar-refractivity contribution in [3.05, 3.63) is 54.1 Å². The largest absolute Gasteiger partial charge is 0.489 e. The molecule has 0 spiro atoms. The molecular weight excluding hydrogens is 394 g/mol. The van der Waals surface area contributed by atoms with Crippen molar-refractivity contribution in [2.75, 3.05) is 50.1 Å². The maximum Gasteiger partial charge on any atom is 0.253 e. The molecule has 0 aromatic heterocycles. The van der Waals surface area contributed by atoms with Crippen LogP contribution in [0.3, 0.4) is 0 Å². The molecule has 1 aliphatic rings. The average molecular weight is 426 g/mol. The van der Waals surface area contributed by atoms with Crippen LogP contribution < -0.4 is 15.4 Å². The van der Waals surface area contributed by atoms with E-state index in [1.54, 1.807) is 12.1 Å². The number of piperidine rings is 1. The molecule has 31 heavy (non-hydrogen) atoms. The number of anilines is 2. The van der Waals surface area contributed by atoms with Crippen LogP contribution in [0.1, 0.15) is 36.5 Å². The lowest BCUT2D eigenvalue weighted by Crippen LogP contribution is -2.35. The second-order valence-electron chi connectivity index (χ2n) is 7.38. The fourth-order valence-corrected chi connectivity index (χ4v) is 3.47. The van der Waals surface area contributed by atoms with E-state index in [1.807, 2.05) is 48.2 Å².